The summed E-state index contributed by atoms with van der Waals surface area (Å²) in [5.74, 6) is -0.821. The molecule has 3 nitrogen and oxygen atoms in total. The summed E-state index contributed by atoms with van der Waals surface area (Å²) < 4.78 is 0.481. The maximum absolute atomic E-state index is 10.8. The summed E-state index contributed by atoms with van der Waals surface area (Å²) >= 11 is 8.71. The van der Waals surface area contributed by atoms with E-state index in [1.807, 2.05) is 0 Å². The Morgan fingerprint density at radius 3 is 2.75 bits per heavy atom. The van der Waals surface area contributed by atoms with Crippen LogP contribution in [0.2, 0.25) is 5.02 Å². The average Bonchev–Trinajstić information content (AvgIpc) is 2.03. The van der Waals surface area contributed by atoms with Crippen molar-refractivity contribution in [3.63, 3.8) is 0 Å². The van der Waals surface area contributed by atoms with Crippen molar-refractivity contribution in [3.8, 4) is 0 Å². The molecule has 0 atom stereocenters. The Bertz CT molecular complexity index is 314. The maximum atomic E-state index is 10.8. The van der Waals surface area contributed by atoms with Gasteiger partial charge in [0, 0.05) is 9.50 Å². The van der Waals surface area contributed by atoms with Crippen LogP contribution in [0.3, 0.4) is 0 Å². The van der Waals surface area contributed by atoms with Gasteiger partial charge in [0.1, 0.15) is 0 Å². The van der Waals surface area contributed by atoms with E-state index in [4.69, 9.17) is 16.9 Å². The van der Waals surface area contributed by atoms with Gasteiger partial charge in [-0.1, -0.05) is 11.6 Å². The van der Waals surface area contributed by atoms with Gasteiger partial charge in [-0.05, 0) is 34.1 Å². The van der Waals surface area contributed by atoms with E-state index in [0.717, 1.165) is 0 Å². The van der Waals surface area contributed by atoms with Gasteiger partial charge in [-0.15, -0.1) is 0 Å². The molecule has 64 valence electrons. The Morgan fingerprint density at radius 1 is 1.58 bits per heavy atom. The van der Waals surface area contributed by atoms with Crippen LogP contribution in [0.15, 0.2) is 22.7 Å². The SMILES string of the molecule is O=C(OO)c1ccc(Cl)cc1Br. The third-order valence-corrected chi connectivity index (χ3v) is 2.13. The number of hydrogen-bond donors (Lipinski definition) is 1. The standard InChI is InChI=1S/C7H4BrClO3/c8-6-3-4(9)1-2-5(6)7(10)12-11/h1-3,11H. The normalized spacial score (nSPS) is 9.58. The first-order valence-corrected chi connectivity index (χ1v) is 4.13. The van der Waals surface area contributed by atoms with Crippen molar-refractivity contribution < 1.29 is 14.9 Å². The van der Waals surface area contributed by atoms with Gasteiger partial charge in [0.05, 0.1) is 5.56 Å². The van der Waals surface area contributed by atoms with Gasteiger partial charge in [-0.25, -0.2) is 4.79 Å². The van der Waals surface area contributed by atoms with Crippen molar-refractivity contribution >= 4 is 33.5 Å². The van der Waals surface area contributed by atoms with Crippen LogP contribution in [0, 0.1) is 0 Å². The molecule has 0 unspecified atom stereocenters. The first kappa shape index (κ1) is 9.51. The summed E-state index contributed by atoms with van der Waals surface area (Å²) in [4.78, 5) is 14.3. The van der Waals surface area contributed by atoms with E-state index in [9.17, 15) is 4.79 Å². The Hall–Kier alpha value is -0.580. The number of halogens is 2. The second-order valence-electron chi connectivity index (χ2n) is 2.00. The fourth-order valence-electron chi connectivity index (χ4n) is 0.704. The fourth-order valence-corrected chi connectivity index (χ4v) is 1.55. The molecule has 1 aromatic rings. The van der Waals surface area contributed by atoms with E-state index in [1.54, 1.807) is 0 Å². The second kappa shape index (κ2) is 3.89. The summed E-state index contributed by atoms with van der Waals surface area (Å²) in [5, 5.41) is 8.58. The molecule has 0 saturated heterocycles. The van der Waals surface area contributed by atoms with E-state index in [1.165, 1.54) is 18.2 Å². The highest BCUT2D eigenvalue weighted by atomic mass is 79.9. The zero-order valence-electron chi connectivity index (χ0n) is 5.75. The van der Waals surface area contributed by atoms with Gasteiger partial charge in [-0.3, -0.25) is 4.89 Å². The van der Waals surface area contributed by atoms with Crippen molar-refractivity contribution in [2.75, 3.05) is 0 Å². The van der Waals surface area contributed by atoms with Crippen molar-refractivity contribution in [1.29, 1.82) is 0 Å². The van der Waals surface area contributed by atoms with Crippen LogP contribution < -0.4 is 0 Å². The van der Waals surface area contributed by atoms with Gasteiger partial charge in [0.25, 0.3) is 0 Å². The summed E-state index contributed by atoms with van der Waals surface area (Å²) in [6.45, 7) is 0. The van der Waals surface area contributed by atoms with Gasteiger partial charge >= 0.3 is 5.97 Å². The molecule has 0 radical (unpaired) electrons. The highest BCUT2D eigenvalue weighted by Gasteiger charge is 2.10. The van der Waals surface area contributed by atoms with Crippen LogP contribution in [-0.2, 0) is 4.89 Å². The molecule has 12 heavy (non-hydrogen) atoms. The van der Waals surface area contributed by atoms with E-state index >= 15 is 0 Å². The van der Waals surface area contributed by atoms with E-state index in [-0.39, 0.29) is 5.56 Å². The smallest absolute Gasteiger partial charge is 0.295 e. The highest BCUT2D eigenvalue weighted by molar-refractivity contribution is 9.10. The van der Waals surface area contributed by atoms with Gasteiger partial charge in [0.15, 0.2) is 0 Å². The van der Waals surface area contributed by atoms with Crippen LogP contribution in [-0.4, -0.2) is 11.2 Å². The number of hydrogen-bond acceptors (Lipinski definition) is 3. The molecule has 1 rings (SSSR count). The largest absolute Gasteiger partial charge is 0.373 e. The zero-order chi connectivity index (χ0) is 9.14. The Balaban J connectivity index is 3.09. The summed E-state index contributed by atoms with van der Waals surface area (Å²) in [7, 11) is 0. The Labute approximate surface area is 82.0 Å². The highest BCUT2D eigenvalue weighted by Crippen LogP contribution is 2.21. The molecule has 1 aromatic carbocycles. The molecule has 0 bridgehead atoms. The molecular weight excluding hydrogens is 247 g/mol. The van der Waals surface area contributed by atoms with Crippen molar-refractivity contribution in [1.82, 2.24) is 0 Å². The molecule has 0 spiro atoms. The number of carbonyl (C=O) groups is 1. The number of carbonyl (C=O) groups excluding carboxylic acids is 1. The third-order valence-electron chi connectivity index (χ3n) is 1.23. The van der Waals surface area contributed by atoms with Crippen LogP contribution in [0.5, 0.6) is 0 Å². The molecule has 0 fully saturated rings. The zero-order valence-corrected chi connectivity index (χ0v) is 8.09. The molecule has 0 aromatic heterocycles. The maximum Gasteiger partial charge on any atom is 0.373 e. The third kappa shape index (κ3) is 1.97. The fraction of sp³-hybridized carbons (Fsp3) is 0. The van der Waals surface area contributed by atoms with Crippen molar-refractivity contribution in [2.24, 2.45) is 0 Å². The quantitative estimate of drug-likeness (QED) is 0.616. The van der Waals surface area contributed by atoms with Gasteiger partial charge in [0.2, 0.25) is 0 Å². The van der Waals surface area contributed by atoms with Crippen molar-refractivity contribution in [2.45, 2.75) is 0 Å². The van der Waals surface area contributed by atoms with Crippen molar-refractivity contribution in [3.05, 3.63) is 33.3 Å². The van der Waals surface area contributed by atoms with Crippen LogP contribution in [0.25, 0.3) is 0 Å². The average molecular weight is 251 g/mol. The first-order valence-electron chi connectivity index (χ1n) is 2.96. The minimum atomic E-state index is -0.821. The lowest BCUT2D eigenvalue weighted by Crippen LogP contribution is -2.02. The molecule has 0 aliphatic rings. The summed E-state index contributed by atoms with van der Waals surface area (Å²) in [6.07, 6.45) is 0. The monoisotopic (exact) mass is 250 g/mol. The van der Waals surface area contributed by atoms with Gasteiger partial charge in [-0.2, -0.15) is 5.26 Å². The minimum absolute atomic E-state index is 0.224. The predicted molar refractivity (Wildman–Crippen MR) is 47.2 cm³/mol. The first-order chi connectivity index (χ1) is 5.65. The number of rotatable bonds is 1. The summed E-state index contributed by atoms with van der Waals surface area (Å²) in [6, 6.07) is 4.51. The topological polar surface area (TPSA) is 46.5 Å². The lowest BCUT2D eigenvalue weighted by Gasteiger charge is -1.99. The van der Waals surface area contributed by atoms with E-state index in [2.05, 4.69) is 20.8 Å². The molecule has 1 N–H and O–H groups in total. The molecule has 0 heterocycles. The lowest BCUT2D eigenvalue weighted by molar-refractivity contribution is -0.182. The van der Waals surface area contributed by atoms with Gasteiger partial charge < -0.3 is 0 Å². The molecule has 0 aliphatic heterocycles. The minimum Gasteiger partial charge on any atom is -0.295 e. The van der Waals surface area contributed by atoms with Crippen LogP contribution >= 0.6 is 27.5 Å². The molecular formula is C7H4BrClO3. The van der Waals surface area contributed by atoms with Crippen LogP contribution in [0.4, 0.5) is 0 Å². The Morgan fingerprint density at radius 2 is 2.25 bits per heavy atom. The molecule has 0 aliphatic carbocycles. The van der Waals surface area contributed by atoms with Crippen LogP contribution in [0.1, 0.15) is 10.4 Å². The second-order valence-corrected chi connectivity index (χ2v) is 3.29. The molecule has 0 saturated carbocycles. The van der Waals surface area contributed by atoms with E-state index < -0.39 is 5.97 Å². The van der Waals surface area contributed by atoms with E-state index in [0.29, 0.717) is 9.50 Å². The lowest BCUT2D eigenvalue weighted by atomic mass is 10.2. The summed E-state index contributed by atoms with van der Waals surface area (Å²) in [5.41, 5.74) is 0.224. The molecule has 5 heteroatoms. The predicted octanol–water partition coefficient (Wildman–Crippen LogP) is 2.73. The Kier molecular flexibility index (Phi) is 3.08. The number of benzene rings is 1. The molecule has 0 amide bonds.